The fourth-order valence-electron chi connectivity index (χ4n) is 0.803. The summed E-state index contributed by atoms with van der Waals surface area (Å²) in [5.41, 5.74) is 0. The Morgan fingerprint density at radius 1 is 1.27 bits per heavy atom. The van der Waals surface area contributed by atoms with E-state index < -0.39 is 5.97 Å². The molecular formula is C10H10O4S. The summed E-state index contributed by atoms with van der Waals surface area (Å²) >= 11 is 3.98. The maximum atomic E-state index is 9.97. The van der Waals surface area contributed by atoms with Crippen LogP contribution in [-0.4, -0.2) is 11.1 Å². The summed E-state index contributed by atoms with van der Waals surface area (Å²) in [5.74, 6) is 0.552. The number of carboxylic acids is 1. The van der Waals surface area contributed by atoms with E-state index in [0.717, 1.165) is 5.76 Å². The van der Waals surface area contributed by atoms with Crippen molar-refractivity contribution in [3.05, 3.63) is 48.3 Å². The molecule has 4 nitrogen and oxygen atoms in total. The first-order valence-electron chi connectivity index (χ1n) is 4.14. The van der Waals surface area contributed by atoms with E-state index in [1.165, 1.54) is 18.4 Å². The van der Waals surface area contributed by atoms with Crippen LogP contribution in [0.4, 0.5) is 0 Å². The standard InChI is InChI=1S/C5H4O3.C5H6OS/c6-5(7)4-2-1-3-8-4;7-4-5-2-1-3-6-5/h1-3H,(H,6,7);1-3,7H,4H2. The molecule has 2 aromatic heterocycles. The highest BCUT2D eigenvalue weighted by molar-refractivity contribution is 7.79. The van der Waals surface area contributed by atoms with Gasteiger partial charge in [0.05, 0.1) is 12.5 Å². The molecule has 0 aliphatic carbocycles. The molecule has 15 heavy (non-hydrogen) atoms. The first-order valence-corrected chi connectivity index (χ1v) is 4.77. The Bertz CT molecular complexity index is 377. The normalized spacial score (nSPS) is 9.13. The van der Waals surface area contributed by atoms with Gasteiger partial charge in [-0.25, -0.2) is 4.79 Å². The summed E-state index contributed by atoms with van der Waals surface area (Å²) in [7, 11) is 0. The predicted molar refractivity (Wildman–Crippen MR) is 57.1 cm³/mol. The second-order valence-corrected chi connectivity index (χ2v) is 2.84. The van der Waals surface area contributed by atoms with Crippen molar-refractivity contribution < 1.29 is 18.7 Å². The minimum atomic E-state index is -1.03. The minimum Gasteiger partial charge on any atom is -0.475 e. The summed E-state index contributed by atoms with van der Waals surface area (Å²) in [6.45, 7) is 0. The lowest BCUT2D eigenvalue weighted by Crippen LogP contribution is -1.90. The van der Waals surface area contributed by atoms with Crippen LogP contribution in [-0.2, 0) is 5.75 Å². The maximum Gasteiger partial charge on any atom is 0.371 e. The average Bonchev–Trinajstić information content (AvgIpc) is 2.92. The number of hydrogen-bond donors (Lipinski definition) is 2. The van der Waals surface area contributed by atoms with Crippen molar-refractivity contribution in [2.45, 2.75) is 5.75 Å². The number of furan rings is 2. The lowest BCUT2D eigenvalue weighted by atomic mass is 10.5. The van der Waals surface area contributed by atoms with Crippen LogP contribution in [0.15, 0.2) is 45.6 Å². The Hall–Kier alpha value is -1.62. The van der Waals surface area contributed by atoms with E-state index in [0.29, 0.717) is 5.75 Å². The van der Waals surface area contributed by atoms with Crippen LogP contribution in [0.5, 0.6) is 0 Å². The number of aromatic carboxylic acids is 1. The highest BCUT2D eigenvalue weighted by Crippen LogP contribution is 2.01. The lowest BCUT2D eigenvalue weighted by Gasteiger charge is -1.79. The molecule has 0 atom stereocenters. The van der Waals surface area contributed by atoms with E-state index in [1.54, 1.807) is 6.26 Å². The van der Waals surface area contributed by atoms with E-state index in [2.05, 4.69) is 17.0 Å². The Morgan fingerprint density at radius 2 is 1.93 bits per heavy atom. The van der Waals surface area contributed by atoms with Gasteiger partial charge < -0.3 is 13.9 Å². The fourth-order valence-corrected chi connectivity index (χ4v) is 0.983. The van der Waals surface area contributed by atoms with Crippen molar-refractivity contribution in [3.8, 4) is 0 Å². The van der Waals surface area contributed by atoms with Crippen molar-refractivity contribution in [3.63, 3.8) is 0 Å². The van der Waals surface area contributed by atoms with E-state index >= 15 is 0 Å². The van der Waals surface area contributed by atoms with Crippen LogP contribution in [0.2, 0.25) is 0 Å². The minimum absolute atomic E-state index is 0.0231. The monoisotopic (exact) mass is 226 g/mol. The molecule has 0 aliphatic rings. The van der Waals surface area contributed by atoms with E-state index in [-0.39, 0.29) is 5.76 Å². The van der Waals surface area contributed by atoms with E-state index in [1.807, 2.05) is 12.1 Å². The van der Waals surface area contributed by atoms with Gasteiger partial charge in [0.2, 0.25) is 5.76 Å². The average molecular weight is 226 g/mol. The topological polar surface area (TPSA) is 63.6 Å². The molecule has 0 aromatic carbocycles. The molecule has 0 unspecified atom stereocenters. The maximum absolute atomic E-state index is 9.97. The smallest absolute Gasteiger partial charge is 0.371 e. The Morgan fingerprint density at radius 3 is 2.20 bits per heavy atom. The zero-order valence-electron chi connectivity index (χ0n) is 7.79. The lowest BCUT2D eigenvalue weighted by molar-refractivity contribution is 0.0662. The zero-order valence-corrected chi connectivity index (χ0v) is 8.68. The van der Waals surface area contributed by atoms with Crippen LogP contribution in [0.3, 0.4) is 0 Å². The van der Waals surface area contributed by atoms with Gasteiger partial charge >= 0.3 is 5.97 Å². The predicted octanol–water partition coefficient (Wildman–Crippen LogP) is 2.69. The fraction of sp³-hybridized carbons (Fsp3) is 0.100. The molecule has 0 aliphatic heterocycles. The number of rotatable bonds is 2. The SMILES string of the molecule is O=C(O)c1ccco1.SCc1ccco1. The molecule has 0 fully saturated rings. The number of carboxylic acid groups (broad SMARTS) is 1. The summed E-state index contributed by atoms with van der Waals surface area (Å²) < 4.78 is 9.40. The molecule has 0 saturated carbocycles. The molecular weight excluding hydrogens is 216 g/mol. The second-order valence-electron chi connectivity index (χ2n) is 2.52. The summed E-state index contributed by atoms with van der Waals surface area (Å²) in [4.78, 5) is 9.97. The van der Waals surface area contributed by atoms with Crippen molar-refractivity contribution in [2.24, 2.45) is 0 Å². The number of hydrogen-bond acceptors (Lipinski definition) is 4. The van der Waals surface area contributed by atoms with Gasteiger partial charge in [-0.3, -0.25) is 0 Å². The molecule has 0 bridgehead atoms. The van der Waals surface area contributed by atoms with E-state index in [4.69, 9.17) is 9.52 Å². The third kappa shape index (κ3) is 3.95. The number of thiol groups is 1. The first kappa shape index (κ1) is 11.5. The summed E-state index contributed by atoms with van der Waals surface area (Å²) in [6.07, 6.45) is 2.97. The molecule has 2 rings (SSSR count). The first-order chi connectivity index (χ1) is 7.24. The van der Waals surface area contributed by atoms with Crippen LogP contribution in [0.1, 0.15) is 16.3 Å². The van der Waals surface area contributed by atoms with Gasteiger partial charge in [-0.05, 0) is 24.3 Å². The molecule has 2 aromatic rings. The molecule has 0 saturated heterocycles. The molecule has 80 valence electrons. The Labute approximate surface area is 91.9 Å². The summed E-state index contributed by atoms with van der Waals surface area (Å²) in [5, 5.41) is 8.18. The Balaban J connectivity index is 0.000000151. The molecule has 0 spiro atoms. The third-order valence-electron chi connectivity index (χ3n) is 1.47. The van der Waals surface area contributed by atoms with Crippen LogP contribution in [0.25, 0.3) is 0 Å². The van der Waals surface area contributed by atoms with E-state index in [9.17, 15) is 4.79 Å². The van der Waals surface area contributed by atoms with Crippen LogP contribution >= 0.6 is 12.6 Å². The van der Waals surface area contributed by atoms with Crippen molar-refractivity contribution in [2.75, 3.05) is 0 Å². The summed E-state index contributed by atoms with van der Waals surface area (Å²) in [6, 6.07) is 6.67. The molecule has 0 radical (unpaired) electrons. The quantitative estimate of drug-likeness (QED) is 0.773. The van der Waals surface area contributed by atoms with Crippen LogP contribution in [0, 0.1) is 0 Å². The van der Waals surface area contributed by atoms with Gasteiger partial charge in [-0.15, -0.1) is 0 Å². The Kier molecular flexibility index (Phi) is 4.56. The van der Waals surface area contributed by atoms with Gasteiger partial charge in [0.25, 0.3) is 0 Å². The third-order valence-corrected chi connectivity index (χ3v) is 1.78. The zero-order chi connectivity index (χ0) is 11.1. The van der Waals surface area contributed by atoms with Gasteiger partial charge in [-0.1, -0.05) is 0 Å². The molecule has 1 N–H and O–H groups in total. The second kappa shape index (κ2) is 5.98. The number of carbonyl (C=O) groups is 1. The van der Waals surface area contributed by atoms with Gasteiger partial charge in [0.15, 0.2) is 0 Å². The largest absolute Gasteiger partial charge is 0.475 e. The van der Waals surface area contributed by atoms with Gasteiger partial charge in [0.1, 0.15) is 5.76 Å². The van der Waals surface area contributed by atoms with Crippen LogP contribution < -0.4 is 0 Å². The molecule has 5 heteroatoms. The van der Waals surface area contributed by atoms with Gasteiger partial charge in [0, 0.05) is 5.75 Å². The van der Waals surface area contributed by atoms with Crippen molar-refractivity contribution >= 4 is 18.6 Å². The van der Waals surface area contributed by atoms with Gasteiger partial charge in [-0.2, -0.15) is 12.6 Å². The highest BCUT2D eigenvalue weighted by atomic mass is 32.1. The molecule has 0 amide bonds. The molecule has 2 heterocycles. The van der Waals surface area contributed by atoms with Crippen molar-refractivity contribution in [1.29, 1.82) is 0 Å². The van der Waals surface area contributed by atoms with Crippen molar-refractivity contribution in [1.82, 2.24) is 0 Å². The highest BCUT2D eigenvalue weighted by Gasteiger charge is 2.01.